The Morgan fingerprint density at radius 2 is 1.68 bits per heavy atom. The van der Waals surface area contributed by atoms with Crippen LogP contribution in [0.1, 0.15) is 24.5 Å². The molecule has 22 heavy (non-hydrogen) atoms. The van der Waals surface area contributed by atoms with E-state index < -0.39 is 15.9 Å². The summed E-state index contributed by atoms with van der Waals surface area (Å²) < 4.78 is 26.7. The zero-order valence-corrected chi connectivity index (χ0v) is 13.7. The topological polar surface area (TPSA) is 54.5 Å². The lowest BCUT2D eigenvalue weighted by molar-refractivity contribution is -0.117. The number of aryl methyl sites for hydroxylation is 2. The van der Waals surface area contributed by atoms with Crippen molar-refractivity contribution in [2.75, 3.05) is 4.31 Å². The van der Waals surface area contributed by atoms with Crippen LogP contribution in [0.5, 0.6) is 0 Å². The summed E-state index contributed by atoms with van der Waals surface area (Å²) >= 11 is 0. The number of hydrogen-bond donors (Lipinski definition) is 0. The molecule has 0 aliphatic carbocycles. The number of nitrogens with zero attached hydrogens (tertiary/aromatic N) is 1. The van der Waals surface area contributed by atoms with Gasteiger partial charge in [-0.05, 0) is 43.2 Å². The van der Waals surface area contributed by atoms with Gasteiger partial charge in [-0.3, -0.25) is 4.79 Å². The number of rotatable bonds is 4. The lowest BCUT2D eigenvalue weighted by Gasteiger charge is -2.24. The van der Waals surface area contributed by atoms with Gasteiger partial charge in [0.15, 0.2) is 0 Å². The number of anilines is 1. The standard InChI is InChI=1S/C17H19NO3S/c1-4-17(19)18(16-12-13(2)10-11-14(16)3)22(20,21)15-8-6-5-7-9-15/h5-12H,4H2,1-3H3. The molecule has 0 saturated carbocycles. The second kappa shape index (κ2) is 6.32. The van der Waals surface area contributed by atoms with Gasteiger partial charge >= 0.3 is 0 Å². The molecule has 0 N–H and O–H groups in total. The molecule has 0 spiro atoms. The maximum atomic E-state index is 12.9. The van der Waals surface area contributed by atoms with E-state index in [9.17, 15) is 13.2 Å². The Hall–Kier alpha value is -2.14. The number of benzene rings is 2. The molecule has 0 fully saturated rings. The van der Waals surface area contributed by atoms with Crippen LogP contribution in [0.2, 0.25) is 0 Å². The largest absolute Gasteiger partial charge is 0.273 e. The summed E-state index contributed by atoms with van der Waals surface area (Å²) in [5.41, 5.74) is 2.06. The molecule has 0 radical (unpaired) electrons. The summed E-state index contributed by atoms with van der Waals surface area (Å²) in [6.45, 7) is 5.32. The monoisotopic (exact) mass is 317 g/mol. The molecule has 2 rings (SSSR count). The Morgan fingerprint density at radius 3 is 2.27 bits per heavy atom. The summed E-state index contributed by atoms with van der Waals surface area (Å²) in [7, 11) is -3.92. The average molecular weight is 317 g/mol. The second-order valence-corrected chi connectivity index (χ2v) is 6.91. The van der Waals surface area contributed by atoms with Crippen LogP contribution in [0.4, 0.5) is 5.69 Å². The predicted molar refractivity (Wildman–Crippen MR) is 87.3 cm³/mol. The molecule has 4 nitrogen and oxygen atoms in total. The predicted octanol–water partition coefficient (Wildman–Crippen LogP) is 3.44. The molecule has 0 saturated heterocycles. The minimum atomic E-state index is -3.92. The minimum Gasteiger partial charge on any atom is -0.273 e. The summed E-state index contributed by atoms with van der Waals surface area (Å²) in [6.07, 6.45) is 0.111. The van der Waals surface area contributed by atoms with Gasteiger partial charge in [-0.1, -0.05) is 37.3 Å². The lowest BCUT2D eigenvalue weighted by atomic mass is 10.1. The molecule has 2 aromatic carbocycles. The van der Waals surface area contributed by atoms with E-state index in [-0.39, 0.29) is 11.3 Å². The smallest absolute Gasteiger partial charge is 0.270 e. The molecule has 0 atom stereocenters. The number of amides is 1. The summed E-state index contributed by atoms with van der Waals surface area (Å²) in [5.74, 6) is -0.447. The highest BCUT2D eigenvalue weighted by Crippen LogP contribution is 2.28. The van der Waals surface area contributed by atoms with Gasteiger partial charge in [-0.15, -0.1) is 0 Å². The average Bonchev–Trinajstić information content (AvgIpc) is 2.51. The van der Waals surface area contributed by atoms with Crippen molar-refractivity contribution >= 4 is 21.6 Å². The molecule has 1 amide bonds. The second-order valence-electron chi connectivity index (χ2n) is 5.12. The van der Waals surface area contributed by atoms with E-state index in [0.29, 0.717) is 5.69 Å². The van der Waals surface area contributed by atoms with Gasteiger partial charge in [0.1, 0.15) is 0 Å². The Morgan fingerprint density at radius 1 is 1.05 bits per heavy atom. The Bertz CT molecular complexity index is 783. The fourth-order valence-electron chi connectivity index (χ4n) is 2.18. The van der Waals surface area contributed by atoms with Crippen LogP contribution >= 0.6 is 0 Å². The molecular weight excluding hydrogens is 298 g/mol. The number of hydrogen-bond acceptors (Lipinski definition) is 3. The minimum absolute atomic E-state index is 0.109. The molecule has 0 aliphatic heterocycles. The van der Waals surface area contributed by atoms with Gasteiger partial charge in [0.05, 0.1) is 10.6 Å². The van der Waals surface area contributed by atoms with Crippen molar-refractivity contribution in [3.8, 4) is 0 Å². The van der Waals surface area contributed by atoms with E-state index in [1.54, 1.807) is 38.1 Å². The van der Waals surface area contributed by atoms with E-state index in [1.165, 1.54) is 12.1 Å². The first kappa shape index (κ1) is 16.2. The van der Waals surface area contributed by atoms with Crippen molar-refractivity contribution in [2.45, 2.75) is 32.1 Å². The third-order valence-corrected chi connectivity index (χ3v) is 5.14. The summed E-state index contributed by atoms with van der Waals surface area (Å²) in [6, 6.07) is 13.5. The van der Waals surface area contributed by atoms with Crippen LogP contribution in [0, 0.1) is 13.8 Å². The molecular formula is C17H19NO3S. The maximum absolute atomic E-state index is 12.9. The van der Waals surface area contributed by atoms with Crippen LogP contribution < -0.4 is 4.31 Å². The van der Waals surface area contributed by atoms with Crippen molar-refractivity contribution < 1.29 is 13.2 Å². The van der Waals surface area contributed by atoms with Gasteiger partial charge < -0.3 is 0 Å². The molecule has 0 aromatic heterocycles. The Balaban J connectivity index is 2.66. The van der Waals surface area contributed by atoms with E-state index in [1.807, 2.05) is 19.1 Å². The van der Waals surface area contributed by atoms with E-state index in [2.05, 4.69) is 0 Å². The Kier molecular flexibility index (Phi) is 4.66. The number of carbonyl (C=O) groups is 1. The van der Waals surface area contributed by atoms with Crippen molar-refractivity contribution in [3.05, 3.63) is 59.7 Å². The normalized spacial score (nSPS) is 11.2. The molecule has 2 aromatic rings. The molecule has 0 bridgehead atoms. The first-order valence-electron chi connectivity index (χ1n) is 7.08. The molecule has 116 valence electrons. The fraction of sp³-hybridized carbons (Fsp3) is 0.235. The van der Waals surface area contributed by atoms with E-state index >= 15 is 0 Å². The maximum Gasteiger partial charge on any atom is 0.270 e. The SMILES string of the molecule is CCC(=O)N(c1cc(C)ccc1C)S(=O)(=O)c1ccccc1. The third-order valence-electron chi connectivity index (χ3n) is 3.39. The van der Waals surface area contributed by atoms with Crippen LogP contribution in [0.25, 0.3) is 0 Å². The third kappa shape index (κ3) is 3.04. The van der Waals surface area contributed by atoms with Gasteiger partial charge in [-0.2, -0.15) is 0 Å². The highest BCUT2D eigenvalue weighted by molar-refractivity contribution is 7.93. The molecule has 0 aliphatic rings. The van der Waals surface area contributed by atoms with E-state index in [0.717, 1.165) is 15.4 Å². The number of sulfonamides is 1. The zero-order chi connectivity index (χ0) is 16.3. The fourth-order valence-corrected chi connectivity index (χ4v) is 3.74. The highest BCUT2D eigenvalue weighted by Gasteiger charge is 2.30. The van der Waals surface area contributed by atoms with Crippen LogP contribution in [-0.2, 0) is 14.8 Å². The molecule has 0 heterocycles. The molecule has 5 heteroatoms. The van der Waals surface area contributed by atoms with Crippen molar-refractivity contribution in [1.29, 1.82) is 0 Å². The van der Waals surface area contributed by atoms with E-state index in [4.69, 9.17) is 0 Å². The quantitative estimate of drug-likeness (QED) is 0.868. The van der Waals surface area contributed by atoms with Gasteiger partial charge in [-0.25, -0.2) is 12.7 Å². The first-order valence-corrected chi connectivity index (χ1v) is 8.52. The van der Waals surface area contributed by atoms with Crippen molar-refractivity contribution in [2.24, 2.45) is 0 Å². The van der Waals surface area contributed by atoms with Crippen LogP contribution in [-0.4, -0.2) is 14.3 Å². The Labute approximate surface area is 131 Å². The first-order chi connectivity index (χ1) is 10.4. The summed E-state index contributed by atoms with van der Waals surface area (Å²) in [5, 5.41) is 0. The van der Waals surface area contributed by atoms with Crippen molar-refractivity contribution in [1.82, 2.24) is 0 Å². The van der Waals surface area contributed by atoms with Crippen molar-refractivity contribution in [3.63, 3.8) is 0 Å². The van der Waals surface area contributed by atoms with Crippen LogP contribution in [0.15, 0.2) is 53.4 Å². The highest BCUT2D eigenvalue weighted by atomic mass is 32.2. The van der Waals surface area contributed by atoms with Gasteiger partial charge in [0.25, 0.3) is 10.0 Å². The number of carbonyl (C=O) groups excluding carboxylic acids is 1. The molecule has 0 unspecified atom stereocenters. The lowest BCUT2D eigenvalue weighted by Crippen LogP contribution is -2.37. The van der Waals surface area contributed by atoms with Gasteiger partial charge in [0.2, 0.25) is 5.91 Å². The van der Waals surface area contributed by atoms with Gasteiger partial charge in [0, 0.05) is 6.42 Å². The summed E-state index contributed by atoms with van der Waals surface area (Å²) in [4.78, 5) is 12.5. The van der Waals surface area contributed by atoms with Crippen LogP contribution in [0.3, 0.4) is 0 Å². The zero-order valence-electron chi connectivity index (χ0n) is 12.9.